The Kier molecular flexibility index (Phi) is 3.57. The Morgan fingerprint density at radius 3 is 2.78 bits per heavy atom. The minimum absolute atomic E-state index is 0.0704. The molecule has 1 heterocycles. The summed E-state index contributed by atoms with van der Waals surface area (Å²) >= 11 is 0. The molecule has 0 aliphatic heterocycles. The van der Waals surface area contributed by atoms with E-state index in [1.54, 1.807) is 22.9 Å². The molecule has 0 saturated carbocycles. The molecule has 4 heteroatoms. The third-order valence-electron chi connectivity index (χ3n) is 4.08. The summed E-state index contributed by atoms with van der Waals surface area (Å²) in [6, 6.07) is 11.3. The molecule has 0 fully saturated rings. The van der Waals surface area contributed by atoms with Gasteiger partial charge in [-0.3, -0.25) is 9.36 Å². The molecule has 0 radical (unpaired) electrons. The molecule has 4 nitrogen and oxygen atoms in total. The highest BCUT2D eigenvalue weighted by Gasteiger charge is 2.27. The van der Waals surface area contributed by atoms with Gasteiger partial charge >= 0.3 is 0 Å². The van der Waals surface area contributed by atoms with E-state index in [0.29, 0.717) is 11.3 Å². The molecule has 0 atom stereocenters. The van der Waals surface area contributed by atoms with Crippen LogP contribution in [-0.2, 0) is 6.42 Å². The Balaban J connectivity index is 2.28. The molecule has 116 valence electrons. The second-order valence-electron chi connectivity index (χ2n) is 6.43. The summed E-state index contributed by atoms with van der Waals surface area (Å²) in [5, 5.41) is 9.18. The summed E-state index contributed by atoms with van der Waals surface area (Å²) in [5.74, 6) is 0.301. The van der Waals surface area contributed by atoms with Crippen LogP contribution in [-0.4, -0.2) is 11.7 Å². The van der Waals surface area contributed by atoms with E-state index in [4.69, 9.17) is 4.74 Å². The zero-order chi connectivity index (χ0) is 16.6. The SMILES string of the molecule is COc1cccn(C2=CC(C)(C)Cc3ccc(C#N)cc32)c1=O. The van der Waals surface area contributed by atoms with Crippen LogP contribution in [0.3, 0.4) is 0 Å². The second kappa shape index (κ2) is 5.44. The van der Waals surface area contributed by atoms with Crippen molar-refractivity contribution in [3.8, 4) is 11.8 Å². The molecular formula is C19H18N2O2. The van der Waals surface area contributed by atoms with Crippen molar-refractivity contribution in [2.45, 2.75) is 20.3 Å². The normalized spacial score (nSPS) is 15.3. The van der Waals surface area contributed by atoms with Gasteiger partial charge in [0.1, 0.15) is 0 Å². The van der Waals surface area contributed by atoms with Gasteiger partial charge in [-0.1, -0.05) is 26.0 Å². The molecule has 1 aromatic carbocycles. The van der Waals surface area contributed by atoms with Crippen LogP contribution in [0.5, 0.6) is 5.75 Å². The maximum Gasteiger partial charge on any atom is 0.297 e. The topological polar surface area (TPSA) is 55.0 Å². The van der Waals surface area contributed by atoms with Crippen molar-refractivity contribution in [1.29, 1.82) is 5.26 Å². The Hall–Kier alpha value is -2.80. The summed E-state index contributed by atoms with van der Waals surface area (Å²) in [6.45, 7) is 4.28. The van der Waals surface area contributed by atoms with Crippen LogP contribution in [0, 0.1) is 16.7 Å². The number of methoxy groups -OCH3 is 1. The fraction of sp³-hybridized carbons (Fsp3) is 0.263. The first-order valence-corrected chi connectivity index (χ1v) is 7.47. The fourth-order valence-electron chi connectivity index (χ4n) is 3.05. The molecular weight excluding hydrogens is 288 g/mol. The maximum atomic E-state index is 12.6. The van der Waals surface area contributed by atoms with Crippen molar-refractivity contribution in [1.82, 2.24) is 4.57 Å². The predicted molar refractivity (Wildman–Crippen MR) is 89.3 cm³/mol. The van der Waals surface area contributed by atoms with E-state index >= 15 is 0 Å². The zero-order valence-electron chi connectivity index (χ0n) is 13.5. The van der Waals surface area contributed by atoms with Crippen molar-refractivity contribution in [2.24, 2.45) is 5.41 Å². The van der Waals surface area contributed by atoms with E-state index in [-0.39, 0.29) is 11.0 Å². The van der Waals surface area contributed by atoms with Crippen LogP contribution in [0.2, 0.25) is 0 Å². The average Bonchev–Trinajstić information content (AvgIpc) is 2.53. The molecule has 1 aromatic heterocycles. The molecule has 0 unspecified atom stereocenters. The maximum absolute atomic E-state index is 12.6. The molecule has 3 rings (SSSR count). The zero-order valence-corrected chi connectivity index (χ0v) is 13.5. The second-order valence-corrected chi connectivity index (χ2v) is 6.43. The predicted octanol–water partition coefficient (Wildman–Crippen LogP) is 3.20. The van der Waals surface area contributed by atoms with Crippen LogP contribution in [0.4, 0.5) is 0 Å². The van der Waals surface area contributed by atoms with E-state index in [1.807, 2.05) is 18.2 Å². The van der Waals surface area contributed by atoms with Gasteiger partial charge in [-0.2, -0.15) is 5.26 Å². The lowest BCUT2D eigenvalue weighted by atomic mass is 9.77. The number of pyridine rings is 1. The first-order chi connectivity index (χ1) is 10.9. The lowest BCUT2D eigenvalue weighted by molar-refractivity contribution is 0.406. The number of aromatic nitrogens is 1. The number of nitrogens with zero attached hydrogens (tertiary/aromatic N) is 2. The van der Waals surface area contributed by atoms with Gasteiger partial charge in [-0.25, -0.2) is 0 Å². The minimum Gasteiger partial charge on any atom is -0.491 e. The van der Waals surface area contributed by atoms with E-state index in [9.17, 15) is 10.1 Å². The van der Waals surface area contributed by atoms with Crippen LogP contribution in [0.25, 0.3) is 5.70 Å². The van der Waals surface area contributed by atoms with Crippen molar-refractivity contribution in [3.05, 3.63) is 69.6 Å². The largest absolute Gasteiger partial charge is 0.491 e. The molecule has 0 saturated heterocycles. The van der Waals surface area contributed by atoms with Crippen molar-refractivity contribution in [2.75, 3.05) is 7.11 Å². The highest BCUT2D eigenvalue weighted by atomic mass is 16.5. The third kappa shape index (κ3) is 2.66. The van der Waals surface area contributed by atoms with Gasteiger partial charge in [0.05, 0.1) is 24.4 Å². The summed E-state index contributed by atoms with van der Waals surface area (Å²) in [6.07, 6.45) is 4.70. The summed E-state index contributed by atoms with van der Waals surface area (Å²) in [7, 11) is 1.49. The Morgan fingerprint density at radius 2 is 2.09 bits per heavy atom. The van der Waals surface area contributed by atoms with Crippen LogP contribution in [0.15, 0.2) is 47.4 Å². The van der Waals surface area contributed by atoms with Gasteiger partial charge < -0.3 is 4.74 Å². The first kappa shape index (κ1) is 15.1. The monoisotopic (exact) mass is 306 g/mol. The molecule has 2 aromatic rings. The molecule has 0 bridgehead atoms. The van der Waals surface area contributed by atoms with Crippen LogP contribution < -0.4 is 10.3 Å². The number of ether oxygens (including phenoxy) is 1. The molecule has 23 heavy (non-hydrogen) atoms. The van der Waals surface area contributed by atoms with E-state index in [0.717, 1.165) is 23.2 Å². The number of benzene rings is 1. The first-order valence-electron chi connectivity index (χ1n) is 7.47. The summed E-state index contributed by atoms with van der Waals surface area (Å²) in [5.41, 5.74) is 3.19. The lowest BCUT2D eigenvalue weighted by Crippen LogP contribution is -2.26. The molecule has 0 N–H and O–H groups in total. The van der Waals surface area contributed by atoms with Crippen molar-refractivity contribution >= 4 is 5.70 Å². The van der Waals surface area contributed by atoms with Crippen LogP contribution in [0.1, 0.15) is 30.5 Å². The van der Waals surface area contributed by atoms with Gasteiger partial charge in [0, 0.05) is 11.8 Å². The number of hydrogen-bond donors (Lipinski definition) is 0. The smallest absolute Gasteiger partial charge is 0.297 e. The number of nitriles is 1. The highest BCUT2D eigenvalue weighted by Crippen LogP contribution is 2.37. The molecule has 1 aliphatic rings. The number of hydrogen-bond acceptors (Lipinski definition) is 3. The summed E-state index contributed by atoms with van der Waals surface area (Å²) in [4.78, 5) is 12.6. The van der Waals surface area contributed by atoms with E-state index in [2.05, 4.69) is 26.0 Å². The molecule has 0 spiro atoms. The summed E-state index contributed by atoms with van der Waals surface area (Å²) < 4.78 is 6.75. The van der Waals surface area contributed by atoms with Crippen LogP contribution >= 0.6 is 0 Å². The number of fused-ring (bicyclic) bond motifs is 1. The Labute approximate surface area is 135 Å². The molecule has 0 amide bonds. The average molecular weight is 306 g/mol. The Bertz CT molecular complexity index is 898. The quantitative estimate of drug-likeness (QED) is 0.856. The van der Waals surface area contributed by atoms with Crippen molar-refractivity contribution in [3.63, 3.8) is 0 Å². The van der Waals surface area contributed by atoms with Gasteiger partial charge in [-0.05, 0) is 41.7 Å². The van der Waals surface area contributed by atoms with Gasteiger partial charge in [-0.15, -0.1) is 0 Å². The highest BCUT2D eigenvalue weighted by molar-refractivity contribution is 5.72. The van der Waals surface area contributed by atoms with Gasteiger partial charge in [0.2, 0.25) is 0 Å². The fourth-order valence-corrected chi connectivity index (χ4v) is 3.05. The van der Waals surface area contributed by atoms with Gasteiger partial charge in [0.15, 0.2) is 5.75 Å². The number of allylic oxidation sites excluding steroid dienone is 1. The lowest BCUT2D eigenvalue weighted by Gasteiger charge is -2.30. The third-order valence-corrected chi connectivity index (χ3v) is 4.08. The standard InChI is InChI=1S/C19H18N2O2/c1-19(2)10-14-7-6-13(12-20)9-15(14)16(11-19)21-8-4-5-17(23-3)18(21)22/h4-9,11H,10H2,1-3H3. The minimum atomic E-state index is -0.202. The molecule has 1 aliphatic carbocycles. The van der Waals surface area contributed by atoms with E-state index in [1.165, 1.54) is 7.11 Å². The van der Waals surface area contributed by atoms with Gasteiger partial charge in [0.25, 0.3) is 5.56 Å². The van der Waals surface area contributed by atoms with Crippen molar-refractivity contribution < 1.29 is 4.74 Å². The number of rotatable bonds is 2. The van der Waals surface area contributed by atoms with E-state index < -0.39 is 0 Å². The Morgan fingerprint density at radius 1 is 1.30 bits per heavy atom.